The summed E-state index contributed by atoms with van der Waals surface area (Å²) >= 11 is 0. The van der Waals surface area contributed by atoms with Crippen molar-refractivity contribution in [2.45, 2.75) is 111 Å². The van der Waals surface area contributed by atoms with E-state index in [9.17, 15) is 9.90 Å². The van der Waals surface area contributed by atoms with Gasteiger partial charge in [0, 0.05) is 13.3 Å². The minimum atomic E-state index is -1.12. The zero-order chi connectivity index (χ0) is 22.5. The first-order chi connectivity index (χ1) is 15.1. The number of carboxylic acid groups (broad SMARTS) is 1. The summed E-state index contributed by atoms with van der Waals surface area (Å²) in [4.78, 5) is 11.0. The number of nitrogens with zero attached hydrogens (tertiary/aromatic N) is 2. The van der Waals surface area contributed by atoms with Gasteiger partial charge >= 0.3 is 0 Å². The number of benzene rings is 1. The van der Waals surface area contributed by atoms with E-state index in [4.69, 9.17) is 0 Å². The molecule has 0 unspecified atom stereocenters. The minimum Gasteiger partial charge on any atom is -0.545 e. The first-order valence-electron chi connectivity index (χ1n) is 12.5. The molecular formula is C27H42N2O2. The summed E-state index contributed by atoms with van der Waals surface area (Å²) in [7, 11) is 0. The molecule has 172 valence electrons. The molecule has 0 bridgehead atoms. The van der Waals surface area contributed by atoms with Gasteiger partial charge in [-0.1, -0.05) is 95.9 Å². The number of aryl methyl sites for hydroxylation is 1. The fraction of sp³-hybridized carbons (Fsp3) is 0.630. The van der Waals surface area contributed by atoms with Crippen molar-refractivity contribution in [1.82, 2.24) is 4.57 Å². The molecule has 0 fully saturated rings. The maximum Gasteiger partial charge on any atom is 0.256 e. The van der Waals surface area contributed by atoms with E-state index in [1.807, 2.05) is 12.1 Å². The molecule has 0 N–H and O–H groups in total. The van der Waals surface area contributed by atoms with Crippen molar-refractivity contribution in [1.29, 1.82) is 0 Å². The Morgan fingerprint density at radius 1 is 0.871 bits per heavy atom. The molecule has 0 saturated heterocycles. The average molecular weight is 427 g/mol. The fourth-order valence-corrected chi connectivity index (χ4v) is 4.39. The van der Waals surface area contributed by atoms with E-state index in [1.165, 1.54) is 75.7 Å². The maximum absolute atomic E-state index is 11.0. The van der Waals surface area contributed by atoms with Crippen LogP contribution in [0.5, 0.6) is 0 Å². The highest BCUT2D eigenvalue weighted by atomic mass is 16.4. The van der Waals surface area contributed by atoms with E-state index >= 15 is 0 Å². The molecule has 0 aliphatic rings. The van der Waals surface area contributed by atoms with Gasteiger partial charge in [-0.2, -0.15) is 0 Å². The molecule has 0 aliphatic heterocycles. The van der Waals surface area contributed by atoms with Gasteiger partial charge < -0.3 is 9.90 Å². The molecule has 0 radical (unpaired) electrons. The lowest BCUT2D eigenvalue weighted by molar-refractivity contribution is -0.695. The van der Waals surface area contributed by atoms with Gasteiger partial charge in [0.2, 0.25) is 0 Å². The molecular weight excluding hydrogens is 384 g/mol. The summed E-state index contributed by atoms with van der Waals surface area (Å²) in [6, 6.07) is 7.08. The Kier molecular flexibility index (Phi) is 11.4. The predicted molar refractivity (Wildman–Crippen MR) is 125 cm³/mol. The average Bonchev–Trinajstić information content (AvgIpc) is 3.04. The van der Waals surface area contributed by atoms with Crippen molar-refractivity contribution in [3.8, 4) is 0 Å². The van der Waals surface area contributed by atoms with Crippen LogP contribution >= 0.6 is 0 Å². The van der Waals surface area contributed by atoms with Crippen LogP contribution < -0.4 is 9.67 Å². The molecule has 2 aromatic rings. The highest BCUT2D eigenvalue weighted by molar-refractivity contribution is 5.85. The van der Waals surface area contributed by atoms with E-state index in [0.29, 0.717) is 0 Å². The summed E-state index contributed by atoms with van der Waals surface area (Å²) in [5.74, 6) is 0.272. The van der Waals surface area contributed by atoms with E-state index in [-0.39, 0.29) is 5.56 Å². The van der Waals surface area contributed by atoms with Crippen molar-refractivity contribution in [2.75, 3.05) is 0 Å². The Balaban J connectivity index is 1.88. The third kappa shape index (κ3) is 8.51. The monoisotopic (exact) mass is 426 g/mol. The van der Waals surface area contributed by atoms with Crippen molar-refractivity contribution in [2.24, 2.45) is 0 Å². The van der Waals surface area contributed by atoms with Gasteiger partial charge in [-0.05, 0) is 24.0 Å². The lowest BCUT2D eigenvalue weighted by atomic mass is 10.1. The van der Waals surface area contributed by atoms with Gasteiger partial charge in [-0.25, -0.2) is 9.13 Å². The van der Waals surface area contributed by atoms with Gasteiger partial charge in [-0.3, -0.25) is 0 Å². The fourth-order valence-electron chi connectivity index (χ4n) is 4.39. The Morgan fingerprint density at radius 2 is 1.45 bits per heavy atom. The van der Waals surface area contributed by atoms with E-state index in [0.717, 1.165) is 31.5 Å². The quantitative estimate of drug-likeness (QED) is 0.268. The summed E-state index contributed by atoms with van der Waals surface area (Å²) in [5.41, 5.74) is 2.65. The first-order valence-corrected chi connectivity index (χ1v) is 12.5. The highest BCUT2D eigenvalue weighted by Crippen LogP contribution is 2.14. The van der Waals surface area contributed by atoms with Crippen molar-refractivity contribution < 1.29 is 14.5 Å². The Labute approximate surface area is 189 Å². The van der Waals surface area contributed by atoms with Crippen LogP contribution in [0.3, 0.4) is 0 Å². The van der Waals surface area contributed by atoms with E-state index in [2.05, 4.69) is 36.1 Å². The lowest BCUT2D eigenvalue weighted by Gasteiger charge is -2.07. The summed E-state index contributed by atoms with van der Waals surface area (Å²) in [6.07, 6.45) is 18.0. The van der Waals surface area contributed by atoms with Crippen LogP contribution in [-0.4, -0.2) is 10.5 Å². The summed E-state index contributed by atoms with van der Waals surface area (Å²) in [6.45, 7) is 8.52. The second-order valence-corrected chi connectivity index (χ2v) is 8.88. The predicted octanol–water partition coefficient (Wildman–Crippen LogP) is 5.37. The van der Waals surface area contributed by atoms with E-state index < -0.39 is 5.97 Å². The number of carboxylic acids is 1. The zero-order valence-electron chi connectivity index (χ0n) is 20.0. The third-order valence-corrected chi connectivity index (χ3v) is 6.16. The molecule has 0 aliphatic carbocycles. The standard InChI is InChI=1S/C27H42N2O2/c1-4-6-7-8-9-10-11-12-13-14-15-26-28(21-23(3)29(26)20-5-2)22-24-16-18-25(19-17-24)27(30)31/h16-19,21H,4-15,20,22H2,1-3H3. The summed E-state index contributed by atoms with van der Waals surface area (Å²) < 4.78 is 4.82. The van der Waals surface area contributed by atoms with Gasteiger partial charge in [0.25, 0.3) is 5.82 Å². The van der Waals surface area contributed by atoms with E-state index in [1.54, 1.807) is 12.1 Å². The highest BCUT2D eigenvalue weighted by Gasteiger charge is 2.20. The molecule has 0 amide bonds. The van der Waals surface area contributed by atoms with Gasteiger partial charge in [0.1, 0.15) is 18.4 Å². The number of aromatic nitrogens is 2. The molecule has 0 saturated carbocycles. The zero-order valence-corrected chi connectivity index (χ0v) is 20.0. The number of imidazole rings is 1. The van der Waals surface area contributed by atoms with Crippen LogP contribution in [0.15, 0.2) is 30.5 Å². The number of hydrogen-bond acceptors (Lipinski definition) is 2. The second-order valence-electron chi connectivity index (χ2n) is 8.88. The number of hydrogen-bond donors (Lipinski definition) is 0. The van der Waals surface area contributed by atoms with Gasteiger partial charge in [-0.15, -0.1) is 0 Å². The molecule has 4 heteroatoms. The van der Waals surface area contributed by atoms with Gasteiger partial charge in [0.05, 0.1) is 12.5 Å². The molecule has 1 aromatic heterocycles. The van der Waals surface area contributed by atoms with Crippen LogP contribution in [0.1, 0.15) is 112 Å². The molecule has 0 spiro atoms. The molecule has 2 rings (SSSR count). The lowest BCUT2D eigenvalue weighted by Crippen LogP contribution is -2.38. The molecule has 1 heterocycles. The van der Waals surface area contributed by atoms with Crippen molar-refractivity contribution >= 4 is 5.97 Å². The number of carbonyl (C=O) groups excluding carboxylic acids is 1. The number of carbonyl (C=O) groups is 1. The number of rotatable bonds is 16. The van der Waals surface area contributed by atoms with Crippen LogP contribution in [0.4, 0.5) is 0 Å². The van der Waals surface area contributed by atoms with Crippen molar-refractivity contribution in [3.05, 3.63) is 53.1 Å². The molecule has 0 atom stereocenters. The van der Waals surface area contributed by atoms with Crippen LogP contribution in [-0.2, 0) is 19.5 Å². The second kappa shape index (κ2) is 14.1. The largest absolute Gasteiger partial charge is 0.545 e. The normalized spacial score (nSPS) is 11.2. The Morgan fingerprint density at radius 3 is 2.00 bits per heavy atom. The summed E-state index contributed by atoms with van der Waals surface area (Å²) in [5, 5.41) is 11.0. The Bertz CT molecular complexity index is 777. The van der Waals surface area contributed by atoms with Crippen LogP contribution in [0, 0.1) is 6.92 Å². The Hall–Kier alpha value is -2.10. The number of unbranched alkanes of at least 4 members (excludes halogenated alkanes) is 9. The van der Waals surface area contributed by atoms with Gasteiger partial charge in [0.15, 0.2) is 0 Å². The molecule has 31 heavy (non-hydrogen) atoms. The van der Waals surface area contributed by atoms with Crippen LogP contribution in [0.2, 0.25) is 0 Å². The smallest absolute Gasteiger partial charge is 0.256 e. The molecule has 1 aromatic carbocycles. The topological polar surface area (TPSA) is 48.9 Å². The number of aromatic carboxylic acids is 1. The molecule has 4 nitrogen and oxygen atoms in total. The minimum absolute atomic E-state index is 0.235. The van der Waals surface area contributed by atoms with Crippen molar-refractivity contribution in [3.63, 3.8) is 0 Å². The third-order valence-electron chi connectivity index (χ3n) is 6.16. The van der Waals surface area contributed by atoms with Crippen LogP contribution in [0.25, 0.3) is 0 Å². The maximum atomic E-state index is 11.0. The SMILES string of the molecule is CCCCCCCCCCCCc1n(CCC)c(C)c[n+]1Cc1ccc(C(=O)[O-])cc1. The first kappa shape index (κ1) is 25.2.